The fraction of sp³-hybridized carbons (Fsp3) is 0.125. The molecule has 182 valence electrons. The molecule has 0 saturated carbocycles. The van der Waals surface area contributed by atoms with Crippen molar-refractivity contribution >= 4 is 46.9 Å². The molecule has 0 bridgehead atoms. The van der Waals surface area contributed by atoms with Gasteiger partial charge in [-0.15, -0.1) is 0 Å². The smallest absolute Gasteiger partial charge is 0.329 e. The Kier molecular flexibility index (Phi) is 8.99. The molecule has 0 aliphatic carbocycles. The molecule has 0 aliphatic heterocycles. The van der Waals surface area contributed by atoms with Crippen LogP contribution in [0.5, 0.6) is 11.5 Å². The number of amides is 2. The standard InChI is InChI=1S/C24H19Cl2F2N3O4/c1-2-34-22-9-14(3-8-21(22)35-13-15-4-5-16(27)10-18(15)25)12-29-31-24(33)23(32)30-17-6-7-20(28)19(26)11-17/h3-12H,2,13H2,1H3,(H,30,32)(H,31,33)/b29-12+. The van der Waals surface area contributed by atoms with Crippen LogP contribution in [0.15, 0.2) is 59.7 Å². The maximum Gasteiger partial charge on any atom is 0.329 e. The van der Waals surface area contributed by atoms with Crippen molar-refractivity contribution < 1.29 is 27.8 Å². The van der Waals surface area contributed by atoms with Gasteiger partial charge in [0.05, 0.1) is 22.9 Å². The van der Waals surface area contributed by atoms with Gasteiger partial charge < -0.3 is 14.8 Å². The number of nitrogens with zero attached hydrogens (tertiary/aromatic N) is 1. The zero-order valence-electron chi connectivity index (χ0n) is 18.3. The Morgan fingerprint density at radius 2 is 1.74 bits per heavy atom. The summed E-state index contributed by atoms with van der Waals surface area (Å²) < 4.78 is 37.8. The van der Waals surface area contributed by atoms with Gasteiger partial charge in [-0.3, -0.25) is 9.59 Å². The minimum atomic E-state index is -1.04. The Bertz CT molecular complexity index is 1270. The molecule has 11 heteroatoms. The van der Waals surface area contributed by atoms with Crippen LogP contribution in [0.25, 0.3) is 0 Å². The average molecular weight is 522 g/mol. The molecule has 0 heterocycles. The third-order valence-electron chi connectivity index (χ3n) is 4.43. The summed E-state index contributed by atoms with van der Waals surface area (Å²) in [5.74, 6) is -2.31. The van der Waals surface area contributed by atoms with Crippen LogP contribution in [0.1, 0.15) is 18.1 Å². The highest BCUT2D eigenvalue weighted by Crippen LogP contribution is 2.30. The van der Waals surface area contributed by atoms with E-state index in [4.69, 9.17) is 32.7 Å². The third kappa shape index (κ3) is 7.40. The van der Waals surface area contributed by atoms with Gasteiger partial charge in [0.15, 0.2) is 11.5 Å². The molecule has 0 spiro atoms. The Morgan fingerprint density at radius 3 is 2.46 bits per heavy atom. The lowest BCUT2D eigenvalue weighted by atomic mass is 10.2. The number of anilines is 1. The molecule has 3 rings (SSSR count). The molecule has 0 atom stereocenters. The van der Waals surface area contributed by atoms with E-state index in [-0.39, 0.29) is 22.3 Å². The van der Waals surface area contributed by atoms with Gasteiger partial charge >= 0.3 is 11.8 Å². The summed E-state index contributed by atoms with van der Waals surface area (Å²) in [7, 11) is 0. The lowest BCUT2D eigenvalue weighted by Crippen LogP contribution is -2.32. The Morgan fingerprint density at radius 1 is 0.943 bits per heavy atom. The lowest BCUT2D eigenvalue weighted by molar-refractivity contribution is -0.136. The molecule has 0 aromatic heterocycles. The molecule has 0 saturated heterocycles. The average Bonchev–Trinajstić information content (AvgIpc) is 2.82. The number of hydrogen-bond acceptors (Lipinski definition) is 5. The first-order valence-corrected chi connectivity index (χ1v) is 11.0. The van der Waals surface area contributed by atoms with Gasteiger partial charge in [-0.1, -0.05) is 29.3 Å². The molecule has 0 unspecified atom stereocenters. The SMILES string of the molecule is CCOc1cc(/C=N/NC(=O)C(=O)Nc2ccc(F)c(Cl)c2)ccc1OCc1ccc(F)cc1Cl. The predicted octanol–water partition coefficient (Wildman–Crippen LogP) is 5.34. The first-order chi connectivity index (χ1) is 16.8. The van der Waals surface area contributed by atoms with Crippen LogP contribution >= 0.6 is 23.2 Å². The monoisotopic (exact) mass is 521 g/mol. The van der Waals surface area contributed by atoms with Crippen LogP contribution in [0, 0.1) is 11.6 Å². The molecule has 0 aliphatic rings. The van der Waals surface area contributed by atoms with E-state index < -0.39 is 23.4 Å². The van der Waals surface area contributed by atoms with E-state index in [0.29, 0.717) is 29.2 Å². The Hall–Kier alpha value is -3.69. The molecule has 7 nitrogen and oxygen atoms in total. The molecule has 3 aromatic rings. The van der Waals surface area contributed by atoms with Gasteiger partial charge in [0.1, 0.15) is 18.2 Å². The quantitative estimate of drug-likeness (QED) is 0.238. The van der Waals surface area contributed by atoms with Gasteiger partial charge in [-0.05, 0) is 61.0 Å². The molecular weight excluding hydrogens is 503 g/mol. The molecule has 2 N–H and O–H groups in total. The van der Waals surface area contributed by atoms with E-state index in [1.54, 1.807) is 25.1 Å². The number of carbonyl (C=O) groups is 2. The minimum absolute atomic E-state index is 0.0943. The van der Waals surface area contributed by atoms with Crippen molar-refractivity contribution in [3.05, 3.63) is 87.4 Å². The maximum atomic E-state index is 13.2. The van der Waals surface area contributed by atoms with E-state index >= 15 is 0 Å². The fourth-order valence-corrected chi connectivity index (χ4v) is 3.17. The van der Waals surface area contributed by atoms with Crippen molar-refractivity contribution in [3.63, 3.8) is 0 Å². The number of halogens is 4. The maximum absolute atomic E-state index is 13.2. The summed E-state index contributed by atoms with van der Waals surface area (Å²) in [6.45, 7) is 2.25. The highest BCUT2D eigenvalue weighted by Gasteiger charge is 2.14. The summed E-state index contributed by atoms with van der Waals surface area (Å²) >= 11 is 11.7. The lowest BCUT2D eigenvalue weighted by Gasteiger charge is -2.13. The van der Waals surface area contributed by atoms with E-state index in [9.17, 15) is 18.4 Å². The zero-order chi connectivity index (χ0) is 25.4. The summed E-state index contributed by atoms with van der Waals surface area (Å²) in [6.07, 6.45) is 1.31. The number of benzene rings is 3. The summed E-state index contributed by atoms with van der Waals surface area (Å²) in [5, 5.41) is 6.09. The third-order valence-corrected chi connectivity index (χ3v) is 5.07. The fourth-order valence-electron chi connectivity index (χ4n) is 2.76. The second-order valence-electron chi connectivity index (χ2n) is 6.95. The number of hydrazone groups is 1. The topological polar surface area (TPSA) is 89.0 Å². The largest absolute Gasteiger partial charge is 0.490 e. The molecule has 0 fully saturated rings. The van der Waals surface area contributed by atoms with Crippen molar-refractivity contribution in [3.8, 4) is 11.5 Å². The van der Waals surface area contributed by atoms with Crippen molar-refractivity contribution in [2.75, 3.05) is 11.9 Å². The second-order valence-corrected chi connectivity index (χ2v) is 7.76. The summed E-state index contributed by atoms with van der Waals surface area (Å²) in [5.41, 5.74) is 3.40. The molecular formula is C24H19Cl2F2N3O4. The van der Waals surface area contributed by atoms with Crippen LogP contribution < -0.4 is 20.2 Å². The van der Waals surface area contributed by atoms with Gasteiger partial charge in [0.25, 0.3) is 0 Å². The first kappa shape index (κ1) is 25.9. The van der Waals surface area contributed by atoms with Crippen LogP contribution in [-0.2, 0) is 16.2 Å². The van der Waals surface area contributed by atoms with Crippen LogP contribution in [-0.4, -0.2) is 24.6 Å². The van der Waals surface area contributed by atoms with Gasteiger partial charge in [0.2, 0.25) is 0 Å². The first-order valence-electron chi connectivity index (χ1n) is 10.2. The molecule has 35 heavy (non-hydrogen) atoms. The van der Waals surface area contributed by atoms with E-state index in [1.807, 2.05) is 0 Å². The van der Waals surface area contributed by atoms with E-state index in [0.717, 1.165) is 6.07 Å². The zero-order valence-corrected chi connectivity index (χ0v) is 19.8. The minimum Gasteiger partial charge on any atom is -0.490 e. The van der Waals surface area contributed by atoms with Crippen LogP contribution in [0.3, 0.4) is 0 Å². The number of hydrogen-bond donors (Lipinski definition) is 2. The highest BCUT2D eigenvalue weighted by molar-refractivity contribution is 6.39. The van der Waals surface area contributed by atoms with Crippen LogP contribution in [0.2, 0.25) is 10.0 Å². The Balaban J connectivity index is 1.61. The molecule has 3 aromatic carbocycles. The van der Waals surface area contributed by atoms with E-state index in [1.165, 1.54) is 36.5 Å². The number of ether oxygens (including phenoxy) is 2. The normalized spacial score (nSPS) is 10.8. The Labute approximate surface area is 209 Å². The number of rotatable bonds is 8. The molecule has 2 amide bonds. The van der Waals surface area contributed by atoms with Gasteiger partial charge in [0, 0.05) is 11.3 Å². The van der Waals surface area contributed by atoms with Crippen molar-refractivity contribution in [1.82, 2.24) is 5.43 Å². The summed E-state index contributed by atoms with van der Waals surface area (Å²) in [6, 6.07) is 12.4. The van der Waals surface area contributed by atoms with Crippen LogP contribution in [0.4, 0.5) is 14.5 Å². The highest BCUT2D eigenvalue weighted by atomic mass is 35.5. The second kappa shape index (κ2) is 12.1. The van der Waals surface area contributed by atoms with Crippen molar-refractivity contribution in [2.45, 2.75) is 13.5 Å². The van der Waals surface area contributed by atoms with Gasteiger partial charge in [-0.2, -0.15) is 5.10 Å². The van der Waals surface area contributed by atoms with Crippen molar-refractivity contribution in [1.29, 1.82) is 0 Å². The van der Waals surface area contributed by atoms with Gasteiger partial charge in [-0.25, -0.2) is 14.2 Å². The molecule has 0 radical (unpaired) electrons. The van der Waals surface area contributed by atoms with E-state index in [2.05, 4.69) is 15.8 Å². The summed E-state index contributed by atoms with van der Waals surface area (Å²) in [4.78, 5) is 23.9. The van der Waals surface area contributed by atoms with Crippen molar-refractivity contribution in [2.24, 2.45) is 5.10 Å². The number of carbonyl (C=O) groups excluding carboxylic acids is 2. The predicted molar refractivity (Wildman–Crippen MR) is 129 cm³/mol. The number of nitrogens with one attached hydrogen (secondary N) is 2.